The van der Waals surface area contributed by atoms with E-state index in [-0.39, 0.29) is 12.2 Å². The van der Waals surface area contributed by atoms with Crippen LogP contribution < -0.4 is 0 Å². The van der Waals surface area contributed by atoms with E-state index in [1.807, 2.05) is 30.3 Å². The second kappa shape index (κ2) is 6.62. The van der Waals surface area contributed by atoms with Crippen LogP contribution in [0, 0.1) is 0 Å². The van der Waals surface area contributed by atoms with Gasteiger partial charge in [0.1, 0.15) is 0 Å². The van der Waals surface area contributed by atoms with E-state index in [1.165, 1.54) is 5.56 Å². The molecule has 0 heterocycles. The molecule has 5 heteroatoms. The van der Waals surface area contributed by atoms with Gasteiger partial charge >= 0.3 is 0 Å². The Balaban J connectivity index is 2.05. The van der Waals surface area contributed by atoms with Crippen LogP contribution in [-0.2, 0) is 21.3 Å². The van der Waals surface area contributed by atoms with E-state index in [4.69, 9.17) is 4.74 Å². The Labute approximate surface area is 96.0 Å². The van der Waals surface area contributed by atoms with Crippen molar-refractivity contribution >= 4 is 10.1 Å². The van der Waals surface area contributed by atoms with Crippen LogP contribution in [0.25, 0.3) is 0 Å². The molecule has 0 spiro atoms. The van der Waals surface area contributed by atoms with E-state index in [0.717, 1.165) is 6.42 Å². The highest BCUT2D eigenvalue weighted by Crippen LogP contribution is 1.99. The normalized spacial score (nSPS) is 11.6. The lowest BCUT2D eigenvalue weighted by Crippen LogP contribution is -2.08. The summed E-state index contributed by atoms with van der Waals surface area (Å²) in [6.45, 7) is 0.858. The second-order valence-corrected chi connectivity index (χ2v) is 4.99. The van der Waals surface area contributed by atoms with Gasteiger partial charge in [0.25, 0.3) is 0 Å². The maximum Gasteiger partial charge on any atom is 0.0946 e. The first-order valence-electron chi connectivity index (χ1n) is 5.13. The van der Waals surface area contributed by atoms with Crippen molar-refractivity contribution < 1.29 is 17.7 Å². The molecule has 0 unspecified atom stereocenters. The summed E-state index contributed by atoms with van der Waals surface area (Å²) in [4.78, 5) is 0. The Morgan fingerprint density at radius 3 is 2.44 bits per heavy atom. The predicted octanol–water partition coefficient (Wildman–Crippen LogP) is 1.18. The van der Waals surface area contributed by atoms with Crippen molar-refractivity contribution in [3.63, 3.8) is 0 Å². The van der Waals surface area contributed by atoms with Crippen LogP contribution in [0.3, 0.4) is 0 Å². The highest BCUT2D eigenvalue weighted by atomic mass is 32.2. The van der Waals surface area contributed by atoms with Gasteiger partial charge in [-0.25, -0.2) is 8.42 Å². The quantitative estimate of drug-likeness (QED) is 0.533. The first kappa shape index (κ1) is 13.2. The summed E-state index contributed by atoms with van der Waals surface area (Å²) >= 11 is 0. The first-order chi connectivity index (χ1) is 7.58. The van der Waals surface area contributed by atoms with Crippen LogP contribution in [-0.4, -0.2) is 31.9 Å². The fourth-order valence-electron chi connectivity index (χ4n) is 1.27. The van der Waals surface area contributed by atoms with Crippen molar-refractivity contribution in [2.75, 3.05) is 19.0 Å². The molecule has 0 N–H and O–H groups in total. The molecule has 0 aromatic heterocycles. The molecule has 0 bridgehead atoms. The molecule has 16 heavy (non-hydrogen) atoms. The molecule has 0 atom stereocenters. The highest BCUT2D eigenvalue weighted by Gasteiger charge is 1.96. The molecule has 0 aliphatic rings. The van der Waals surface area contributed by atoms with Crippen molar-refractivity contribution in [3.8, 4) is 0 Å². The van der Waals surface area contributed by atoms with Crippen LogP contribution in [0.2, 0.25) is 0 Å². The Bertz CT molecular complexity index is 386. The smallest absolute Gasteiger partial charge is 0.0946 e. The summed E-state index contributed by atoms with van der Waals surface area (Å²) in [6, 6.07) is 9.87. The third-order valence-electron chi connectivity index (χ3n) is 2.06. The summed E-state index contributed by atoms with van der Waals surface area (Å²) in [7, 11) is -4.09. The number of benzene rings is 1. The number of rotatable bonds is 7. The summed E-state index contributed by atoms with van der Waals surface area (Å²) < 4.78 is 36.1. The predicted molar refractivity (Wildman–Crippen MR) is 60.1 cm³/mol. The van der Waals surface area contributed by atoms with Gasteiger partial charge < -0.3 is 9.29 Å². The van der Waals surface area contributed by atoms with Crippen LogP contribution in [0.5, 0.6) is 0 Å². The Morgan fingerprint density at radius 2 is 1.81 bits per heavy atom. The van der Waals surface area contributed by atoms with Crippen LogP contribution in [0.4, 0.5) is 0 Å². The maximum atomic E-state index is 10.3. The lowest BCUT2D eigenvalue weighted by atomic mass is 10.2. The van der Waals surface area contributed by atoms with E-state index in [0.29, 0.717) is 13.2 Å². The minimum atomic E-state index is -4.09. The fraction of sp³-hybridized carbons (Fsp3) is 0.455. The highest BCUT2D eigenvalue weighted by molar-refractivity contribution is 7.85. The molecular weight excluding hydrogens is 228 g/mol. The number of hydrogen-bond acceptors (Lipinski definition) is 4. The molecule has 1 rings (SSSR count). The largest absolute Gasteiger partial charge is 0.748 e. The average molecular weight is 243 g/mol. The molecular formula is C11H15O4S-. The van der Waals surface area contributed by atoms with Crippen LogP contribution >= 0.6 is 0 Å². The summed E-state index contributed by atoms with van der Waals surface area (Å²) in [5, 5.41) is 0. The average Bonchev–Trinajstić information content (AvgIpc) is 2.23. The van der Waals surface area contributed by atoms with Crippen LogP contribution in [0.1, 0.15) is 12.0 Å². The molecule has 0 aliphatic carbocycles. The first-order valence-corrected chi connectivity index (χ1v) is 6.71. The van der Waals surface area contributed by atoms with Gasteiger partial charge in [0.15, 0.2) is 0 Å². The van der Waals surface area contributed by atoms with Gasteiger partial charge in [-0.2, -0.15) is 0 Å². The van der Waals surface area contributed by atoms with E-state index < -0.39 is 10.1 Å². The molecule has 90 valence electrons. The molecule has 0 amide bonds. The fourth-order valence-corrected chi connectivity index (χ4v) is 1.75. The van der Waals surface area contributed by atoms with E-state index >= 15 is 0 Å². The number of ether oxygens (including phenoxy) is 1. The molecule has 0 fully saturated rings. The van der Waals surface area contributed by atoms with Gasteiger partial charge in [-0.05, 0) is 18.4 Å². The van der Waals surface area contributed by atoms with Crippen molar-refractivity contribution in [1.82, 2.24) is 0 Å². The van der Waals surface area contributed by atoms with E-state index in [9.17, 15) is 13.0 Å². The topological polar surface area (TPSA) is 66.4 Å². The molecule has 0 radical (unpaired) electrons. The van der Waals surface area contributed by atoms with Gasteiger partial charge in [0.05, 0.1) is 16.7 Å². The summed E-state index contributed by atoms with van der Waals surface area (Å²) in [5.74, 6) is -0.349. The van der Waals surface area contributed by atoms with Gasteiger partial charge in [-0.15, -0.1) is 0 Å². The third kappa shape index (κ3) is 6.55. The molecule has 1 aromatic rings. The monoisotopic (exact) mass is 243 g/mol. The molecule has 0 saturated heterocycles. The van der Waals surface area contributed by atoms with Crippen molar-refractivity contribution in [2.24, 2.45) is 0 Å². The summed E-state index contributed by atoms with van der Waals surface area (Å²) in [5.41, 5.74) is 1.18. The van der Waals surface area contributed by atoms with Gasteiger partial charge in [0.2, 0.25) is 0 Å². The van der Waals surface area contributed by atoms with E-state index in [1.54, 1.807) is 0 Å². The third-order valence-corrected chi connectivity index (χ3v) is 2.85. The minimum Gasteiger partial charge on any atom is -0.748 e. The van der Waals surface area contributed by atoms with Crippen molar-refractivity contribution in [1.29, 1.82) is 0 Å². The lowest BCUT2D eigenvalue weighted by molar-refractivity contribution is 0.138. The van der Waals surface area contributed by atoms with Gasteiger partial charge in [-0.1, -0.05) is 30.3 Å². The van der Waals surface area contributed by atoms with Crippen LogP contribution in [0.15, 0.2) is 30.3 Å². The zero-order chi connectivity index (χ0) is 11.9. The summed E-state index contributed by atoms with van der Waals surface area (Å²) in [6.07, 6.45) is 1.06. The SMILES string of the molecule is O=S(=O)([O-])CCCOCCc1ccccc1. The van der Waals surface area contributed by atoms with E-state index in [2.05, 4.69) is 0 Å². The maximum absolute atomic E-state index is 10.3. The van der Waals surface area contributed by atoms with Gasteiger partial charge in [0, 0.05) is 12.4 Å². The zero-order valence-electron chi connectivity index (χ0n) is 8.96. The van der Waals surface area contributed by atoms with Crippen molar-refractivity contribution in [3.05, 3.63) is 35.9 Å². The Morgan fingerprint density at radius 1 is 1.12 bits per heavy atom. The lowest BCUT2D eigenvalue weighted by Gasteiger charge is -2.07. The second-order valence-electron chi connectivity index (χ2n) is 3.46. The van der Waals surface area contributed by atoms with Crippen molar-refractivity contribution in [2.45, 2.75) is 12.8 Å². The zero-order valence-corrected chi connectivity index (χ0v) is 9.78. The molecule has 0 aliphatic heterocycles. The minimum absolute atomic E-state index is 0.265. The number of hydrogen-bond donors (Lipinski definition) is 0. The molecule has 1 aromatic carbocycles. The van der Waals surface area contributed by atoms with Gasteiger partial charge in [-0.3, -0.25) is 0 Å². The molecule has 0 saturated carbocycles. The Hall–Kier alpha value is -0.910. The molecule has 4 nitrogen and oxygen atoms in total. The standard InChI is InChI=1S/C11H16O4S/c12-16(13,14)10-4-8-15-9-7-11-5-2-1-3-6-11/h1-3,5-6H,4,7-10H2,(H,12,13,14)/p-1. The Kier molecular flexibility index (Phi) is 5.45.